The van der Waals surface area contributed by atoms with E-state index in [4.69, 9.17) is 23.2 Å². The molecule has 0 bridgehead atoms. The highest BCUT2D eigenvalue weighted by Crippen LogP contribution is 2.25. The Morgan fingerprint density at radius 2 is 2.05 bits per heavy atom. The van der Waals surface area contributed by atoms with Crippen LogP contribution in [0.5, 0.6) is 0 Å². The van der Waals surface area contributed by atoms with Crippen molar-refractivity contribution in [2.24, 2.45) is 0 Å². The van der Waals surface area contributed by atoms with Gasteiger partial charge in [0.05, 0.1) is 10.9 Å². The second-order valence-corrected chi connectivity index (χ2v) is 5.95. The van der Waals surface area contributed by atoms with Crippen LogP contribution in [0.2, 0.25) is 5.02 Å². The number of imidazole rings is 1. The lowest BCUT2D eigenvalue weighted by Crippen LogP contribution is -2.01. The molecule has 1 aromatic carbocycles. The molecule has 108 valence electrons. The molecule has 0 amide bonds. The van der Waals surface area contributed by atoms with Gasteiger partial charge in [0.2, 0.25) is 0 Å². The van der Waals surface area contributed by atoms with Crippen LogP contribution in [0.3, 0.4) is 0 Å². The maximum Gasteiger partial charge on any atom is 0.164 e. The van der Waals surface area contributed by atoms with Gasteiger partial charge in [0.15, 0.2) is 5.65 Å². The molecular weight excluding hydrogens is 305 g/mol. The Hall–Kier alpha value is -1.58. The molecule has 5 heteroatoms. The number of pyridine rings is 1. The van der Waals surface area contributed by atoms with Crippen molar-refractivity contribution in [1.82, 2.24) is 14.5 Å². The van der Waals surface area contributed by atoms with Crippen LogP contribution in [-0.2, 0) is 5.88 Å². The van der Waals surface area contributed by atoms with Crippen LogP contribution in [0.25, 0.3) is 16.9 Å². The molecule has 0 atom stereocenters. The number of nitrogens with zero attached hydrogens (tertiary/aromatic N) is 3. The molecule has 2 heterocycles. The first-order valence-electron chi connectivity index (χ1n) is 6.79. The van der Waals surface area contributed by atoms with Gasteiger partial charge in [-0.05, 0) is 29.7 Å². The predicted molar refractivity (Wildman–Crippen MR) is 87.5 cm³/mol. The van der Waals surface area contributed by atoms with Gasteiger partial charge in [0, 0.05) is 11.9 Å². The Kier molecular flexibility index (Phi) is 3.87. The summed E-state index contributed by atoms with van der Waals surface area (Å²) >= 11 is 12.0. The fourth-order valence-corrected chi connectivity index (χ4v) is 2.70. The maximum atomic E-state index is 6.05. The molecule has 2 aromatic heterocycles. The molecule has 0 N–H and O–H groups in total. The molecule has 0 spiro atoms. The number of fused-ring (bicyclic) bond motifs is 1. The summed E-state index contributed by atoms with van der Waals surface area (Å²) in [5.74, 6) is 1.55. The third-order valence-corrected chi connectivity index (χ3v) is 3.89. The van der Waals surface area contributed by atoms with Crippen LogP contribution in [-0.4, -0.2) is 14.5 Å². The highest BCUT2D eigenvalue weighted by atomic mass is 35.5. The molecule has 21 heavy (non-hydrogen) atoms. The van der Waals surface area contributed by atoms with Gasteiger partial charge in [-0.3, -0.25) is 4.57 Å². The molecule has 0 radical (unpaired) electrons. The number of hydrogen-bond acceptors (Lipinski definition) is 2. The number of halogens is 2. The van der Waals surface area contributed by atoms with Crippen molar-refractivity contribution in [2.75, 3.05) is 0 Å². The van der Waals surface area contributed by atoms with E-state index in [1.54, 1.807) is 6.20 Å². The van der Waals surface area contributed by atoms with Crippen LogP contribution in [0.15, 0.2) is 36.5 Å². The minimum atomic E-state index is 0.319. The smallest absolute Gasteiger partial charge is 0.164 e. The monoisotopic (exact) mass is 319 g/mol. The van der Waals surface area contributed by atoms with Crippen LogP contribution in [0.1, 0.15) is 31.2 Å². The Morgan fingerprint density at radius 1 is 1.24 bits per heavy atom. The Morgan fingerprint density at radius 3 is 2.76 bits per heavy atom. The standard InChI is InChI=1S/C16H15Cl2N3/c1-10(2)11-4-3-5-13(6-11)21-15(8-17)20-14-7-12(18)9-19-16(14)21/h3-7,9-10H,8H2,1-2H3. The van der Waals surface area contributed by atoms with Gasteiger partial charge in [-0.15, -0.1) is 11.6 Å². The minimum Gasteiger partial charge on any atom is -0.280 e. The van der Waals surface area contributed by atoms with Gasteiger partial charge >= 0.3 is 0 Å². The lowest BCUT2D eigenvalue weighted by atomic mass is 10.0. The van der Waals surface area contributed by atoms with Crippen LogP contribution < -0.4 is 0 Å². The quantitative estimate of drug-likeness (QED) is 0.640. The first kappa shape index (κ1) is 14.4. The fraction of sp³-hybridized carbons (Fsp3) is 0.250. The topological polar surface area (TPSA) is 30.7 Å². The van der Waals surface area contributed by atoms with Crippen molar-refractivity contribution in [1.29, 1.82) is 0 Å². The summed E-state index contributed by atoms with van der Waals surface area (Å²) in [6.45, 7) is 4.34. The summed E-state index contributed by atoms with van der Waals surface area (Å²) in [5, 5.41) is 0.573. The number of rotatable bonds is 3. The summed E-state index contributed by atoms with van der Waals surface area (Å²) in [4.78, 5) is 8.94. The van der Waals surface area contributed by atoms with Crippen LogP contribution in [0, 0.1) is 0 Å². The summed E-state index contributed by atoms with van der Waals surface area (Å²) in [5.41, 5.74) is 3.82. The average molecular weight is 320 g/mol. The van der Waals surface area contributed by atoms with Crippen molar-refractivity contribution in [3.8, 4) is 5.69 Å². The molecule has 3 rings (SSSR count). The molecule has 0 aliphatic heterocycles. The van der Waals surface area contributed by atoms with E-state index < -0.39 is 0 Å². The molecule has 0 fully saturated rings. The van der Waals surface area contributed by atoms with Gasteiger partial charge in [-0.1, -0.05) is 37.6 Å². The number of aromatic nitrogens is 3. The second kappa shape index (κ2) is 5.66. The summed E-state index contributed by atoms with van der Waals surface area (Å²) < 4.78 is 1.99. The second-order valence-electron chi connectivity index (χ2n) is 5.24. The average Bonchev–Trinajstić information content (AvgIpc) is 2.84. The summed E-state index contributed by atoms with van der Waals surface area (Å²) in [6.07, 6.45) is 1.63. The molecule has 3 aromatic rings. The molecule has 0 saturated carbocycles. The molecule has 0 unspecified atom stereocenters. The van der Waals surface area contributed by atoms with Crippen LogP contribution in [0.4, 0.5) is 0 Å². The first-order chi connectivity index (χ1) is 10.1. The third-order valence-electron chi connectivity index (χ3n) is 3.45. The summed E-state index contributed by atoms with van der Waals surface area (Å²) in [6, 6.07) is 10.2. The highest BCUT2D eigenvalue weighted by Gasteiger charge is 2.14. The lowest BCUT2D eigenvalue weighted by molar-refractivity contribution is 0.860. The molecule has 3 nitrogen and oxygen atoms in total. The van der Waals surface area contributed by atoms with E-state index in [2.05, 4.69) is 35.9 Å². The zero-order valence-corrected chi connectivity index (χ0v) is 13.4. The van der Waals surface area contributed by atoms with E-state index in [0.717, 1.165) is 22.7 Å². The lowest BCUT2D eigenvalue weighted by Gasteiger charge is -2.11. The number of hydrogen-bond donors (Lipinski definition) is 0. The maximum absolute atomic E-state index is 6.05. The first-order valence-corrected chi connectivity index (χ1v) is 7.70. The Balaban J connectivity index is 2.25. The Labute approximate surface area is 133 Å². The number of benzene rings is 1. The van der Waals surface area contributed by atoms with E-state index in [-0.39, 0.29) is 0 Å². The van der Waals surface area contributed by atoms with Crippen molar-refractivity contribution in [2.45, 2.75) is 25.6 Å². The SMILES string of the molecule is CC(C)c1cccc(-n2c(CCl)nc3cc(Cl)cnc32)c1. The molecule has 0 aliphatic carbocycles. The van der Waals surface area contributed by atoms with E-state index in [0.29, 0.717) is 16.8 Å². The fourth-order valence-electron chi connectivity index (χ4n) is 2.37. The van der Waals surface area contributed by atoms with Crippen molar-refractivity contribution in [3.05, 3.63) is 52.9 Å². The minimum absolute atomic E-state index is 0.319. The van der Waals surface area contributed by atoms with Crippen LogP contribution >= 0.6 is 23.2 Å². The van der Waals surface area contributed by atoms with Gasteiger partial charge < -0.3 is 0 Å². The molecule has 0 saturated heterocycles. The van der Waals surface area contributed by atoms with Gasteiger partial charge in [-0.2, -0.15) is 0 Å². The van der Waals surface area contributed by atoms with Gasteiger partial charge in [0.1, 0.15) is 11.3 Å². The normalized spacial score (nSPS) is 11.5. The van der Waals surface area contributed by atoms with E-state index in [1.807, 2.05) is 22.8 Å². The zero-order valence-electron chi connectivity index (χ0n) is 11.8. The third kappa shape index (κ3) is 2.63. The van der Waals surface area contributed by atoms with Crippen molar-refractivity contribution in [3.63, 3.8) is 0 Å². The van der Waals surface area contributed by atoms with E-state index in [1.165, 1.54) is 5.56 Å². The number of alkyl halides is 1. The zero-order chi connectivity index (χ0) is 15.0. The van der Waals surface area contributed by atoms with Crippen molar-refractivity contribution < 1.29 is 0 Å². The van der Waals surface area contributed by atoms with Gasteiger partial charge in [0.25, 0.3) is 0 Å². The largest absolute Gasteiger partial charge is 0.280 e. The molecular formula is C16H15Cl2N3. The van der Waals surface area contributed by atoms with E-state index in [9.17, 15) is 0 Å². The summed E-state index contributed by atoms with van der Waals surface area (Å²) in [7, 11) is 0. The van der Waals surface area contributed by atoms with Gasteiger partial charge in [-0.25, -0.2) is 9.97 Å². The molecule has 0 aliphatic rings. The predicted octanol–water partition coefficient (Wildman–Crippen LogP) is 4.94. The Bertz CT molecular complexity index is 793. The van der Waals surface area contributed by atoms with Crippen molar-refractivity contribution >= 4 is 34.4 Å². The van der Waals surface area contributed by atoms with E-state index >= 15 is 0 Å². The highest BCUT2D eigenvalue weighted by molar-refractivity contribution is 6.31.